The maximum absolute atomic E-state index is 6.21. The Morgan fingerprint density at radius 1 is 1.75 bits per heavy atom. The Hall–Kier alpha value is -0.490. The average Bonchev–Trinajstić information content (AvgIpc) is 2.91. The van der Waals surface area contributed by atoms with E-state index in [1.165, 1.54) is 0 Å². The highest BCUT2D eigenvalue weighted by Crippen LogP contribution is 2.21. The number of ether oxygens (including phenoxy) is 1. The first-order valence-electron chi connectivity index (χ1n) is 5.73. The van der Waals surface area contributed by atoms with Crippen molar-refractivity contribution in [1.82, 2.24) is 10.3 Å². The first kappa shape index (κ1) is 12.0. The van der Waals surface area contributed by atoms with Gasteiger partial charge in [-0.1, -0.05) is 6.92 Å². The number of nitrogens with zero attached hydrogens (tertiary/aromatic N) is 1. The molecular formula is C11H19N3OS. The molecule has 0 aliphatic carbocycles. The molecule has 90 valence electrons. The van der Waals surface area contributed by atoms with Gasteiger partial charge in [-0.2, -0.15) is 0 Å². The van der Waals surface area contributed by atoms with Crippen LogP contribution in [0.5, 0.6) is 0 Å². The zero-order chi connectivity index (χ0) is 11.4. The van der Waals surface area contributed by atoms with Crippen LogP contribution in [0, 0.1) is 0 Å². The fraction of sp³-hybridized carbons (Fsp3) is 0.727. The summed E-state index contributed by atoms with van der Waals surface area (Å²) >= 11 is 1.69. The van der Waals surface area contributed by atoms with Crippen molar-refractivity contribution >= 4 is 11.3 Å². The SMILES string of the molecule is CCC(NCC1(N)CCOC1)c1nccs1. The third-order valence-electron chi connectivity index (χ3n) is 2.99. The number of thiazole rings is 1. The fourth-order valence-electron chi connectivity index (χ4n) is 1.90. The molecule has 2 unspecified atom stereocenters. The molecule has 16 heavy (non-hydrogen) atoms. The van der Waals surface area contributed by atoms with Gasteiger partial charge in [0.1, 0.15) is 5.01 Å². The molecule has 5 heteroatoms. The number of rotatable bonds is 5. The van der Waals surface area contributed by atoms with E-state index in [-0.39, 0.29) is 5.54 Å². The second-order valence-electron chi connectivity index (χ2n) is 4.38. The molecule has 3 N–H and O–H groups in total. The Morgan fingerprint density at radius 2 is 2.62 bits per heavy atom. The van der Waals surface area contributed by atoms with Crippen molar-refractivity contribution in [3.05, 3.63) is 16.6 Å². The van der Waals surface area contributed by atoms with E-state index in [9.17, 15) is 0 Å². The lowest BCUT2D eigenvalue weighted by atomic mass is 10.00. The highest BCUT2D eigenvalue weighted by atomic mass is 32.1. The zero-order valence-corrected chi connectivity index (χ0v) is 10.4. The van der Waals surface area contributed by atoms with Crippen molar-refractivity contribution in [2.75, 3.05) is 19.8 Å². The van der Waals surface area contributed by atoms with Gasteiger partial charge in [-0.25, -0.2) is 4.98 Å². The molecular weight excluding hydrogens is 222 g/mol. The maximum atomic E-state index is 6.21. The standard InChI is InChI=1S/C11H19N3OS/c1-2-9(10-13-4-6-16-10)14-7-11(12)3-5-15-8-11/h4,6,9,14H,2-3,5,7-8,12H2,1H3. The predicted octanol–water partition coefficient (Wildman–Crippen LogP) is 1.30. The van der Waals surface area contributed by atoms with Crippen molar-refractivity contribution in [3.8, 4) is 0 Å². The van der Waals surface area contributed by atoms with Gasteiger partial charge in [0.2, 0.25) is 0 Å². The molecule has 2 rings (SSSR count). The smallest absolute Gasteiger partial charge is 0.109 e. The first-order valence-corrected chi connectivity index (χ1v) is 6.61. The van der Waals surface area contributed by atoms with Gasteiger partial charge in [0.25, 0.3) is 0 Å². The van der Waals surface area contributed by atoms with Gasteiger partial charge >= 0.3 is 0 Å². The molecule has 1 aliphatic heterocycles. The highest BCUT2D eigenvalue weighted by molar-refractivity contribution is 7.09. The Kier molecular flexibility index (Phi) is 3.91. The highest BCUT2D eigenvalue weighted by Gasteiger charge is 2.30. The van der Waals surface area contributed by atoms with Gasteiger partial charge < -0.3 is 15.8 Å². The van der Waals surface area contributed by atoms with E-state index in [2.05, 4.69) is 17.2 Å². The maximum Gasteiger partial charge on any atom is 0.109 e. The lowest BCUT2D eigenvalue weighted by Crippen LogP contribution is -2.50. The van der Waals surface area contributed by atoms with E-state index in [1.54, 1.807) is 11.3 Å². The third kappa shape index (κ3) is 2.79. The van der Waals surface area contributed by atoms with Gasteiger partial charge in [-0.05, 0) is 12.8 Å². The molecule has 1 saturated heterocycles. The summed E-state index contributed by atoms with van der Waals surface area (Å²) in [4.78, 5) is 4.34. The van der Waals surface area contributed by atoms with Crippen LogP contribution in [0.2, 0.25) is 0 Å². The van der Waals surface area contributed by atoms with Crippen molar-refractivity contribution < 1.29 is 4.74 Å². The molecule has 0 radical (unpaired) electrons. The summed E-state index contributed by atoms with van der Waals surface area (Å²) in [6.07, 6.45) is 3.82. The van der Waals surface area contributed by atoms with Crippen LogP contribution in [0.1, 0.15) is 30.8 Å². The second kappa shape index (κ2) is 5.23. The van der Waals surface area contributed by atoms with E-state index in [1.807, 2.05) is 11.6 Å². The number of hydrogen-bond acceptors (Lipinski definition) is 5. The topological polar surface area (TPSA) is 60.2 Å². The summed E-state index contributed by atoms with van der Waals surface area (Å²) in [5, 5.41) is 6.65. The van der Waals surface area contributed by atoms with E-state index in [4.69, 9.17) is 10.5 Å². The van der Waals surface area contributed by atoms with Gasteiger partial charge in [0.15, 0.2) is 0 Å². The van der Waals surface area contributed by atoms with Crippen LogP contribution in [0.4, 0.5) is 0 Å². The summed E-state index contributed by atoms with van der Waals surface area (Å²) in [7, 11) is 0. The third-order valence-corrected chi connectivity index (χ3v) is 3.88. The van der Waals surface area contributed by atoms with Crippen molar-refractivity contribution in [2.45, 2.75) is 31.3 Å². The number of nitrogens with one attached hydrogen (secondary N) is 1. The predicted molar refractivity (Wildman–Crippen MR) is 65.5 cm³/mol. The largest absolute Gasteiger partial charge is 0.379 e. The summed E-state index contributed by atoms with van der Waals surface area (Å²) in [5.74, 6) is 0. The molecule has 1 aromatic heterocycles. The summed E-state index contributed by atoms with van der Waals surface area (Å²) < 4.78 is 5.34. The Morgan fingerprint density at radius 3 is 3.19 bits per heavy atom. The summed E-state index contributed by atoms with van der Waals surface area (Å²) in [6, 6.07) is 0.320. The van der Waals surface area contributed by atoms with E-state index in [0.717, 1.165) is 31.0 Å². The Balaban J connectivity index is 1.88. The number of hydrogen-bond donors (Lipinski definition) is 2. The van der Waals surface area contributed by atoms with E-state index < -0.39 is 0 Å². The molecule has 2 heterocycles. The Labute approximate surface area is 100 Å². The van der Waals surface area contributed by atoms with Gasteiger partial charge in [-0.15, -0.1) is 11.3 Å². The first-order chi connectivity index (χ1) is 7.73. The minimum absolute atomic E-state index is 0.190. The summed E-state index contributed by atoms with van der Waals surface area (Å²) in [6.45, 7) is 4.40. The second-order valence-corrected chi connectivity index (χ2v) is 5.30. The molecule has 0 spiro atoms. The van der Waals surface area contributed by atoms with Crippen LogP contribution < -0.4 is 11.1 Å². The van der Waals surface area contributed by atoms with E-state index in [0.29, 0.717) is 12.6 Å². The molecule has 2 atom stereocenters. The molecule has 1 aromatic rings. The van der Waals surface area contributed by atoms with Crippen molar-refractivity contribution in [3.63, 3.8) is 0 Å². The molecule has 0 amide bonds. The van der Waals surface area contributed by atoms with Gasteiger partial charge in [0.05, 0.1) is 18.2 Å². The normalized spacial score (nSPS) is 27.1. The summed E-state index contributed by atoms with van der Waals surface area (Å²) in [5.41, 5.74) is 6.02. The van der Waals surface area contributed by atoms with Gasteiger partial charge in [0, 0.05) is 24.7 Å². The van der Waals surface area contributed by atoms with Crippen molar-refractivity contribution in [2.24, 2.45) is 5.73 Å². The fourth-order valence-corrected chi connectivity index (χ4v) is 2.70. The van der Waals surface area contributed by atoms with Crippen LogP contribution >= 0.6 is 11.3 Å². The lowest BCUT2D eigenvalue weighted by molar-refractivity contribution is 0.176. The molecule has 0 aromatic carbocycles. The number of nitrogens with two attached hydrogens (primary N) is 1. The molecule has 0 bridgehead atoms. The van der Waals surface area contributed by atoms with Crippen LogP contribution in [-0.2, 0) is 4.74 Å². The van der Waals surface area contributed by atoms with E-state index >= 15 is 0 Å². The molecule has 1 fully saturated rings. The monoisotopic (exact) mass is 241 g/mol. The minimum atomic E-state index is -0.190. The molecule has 4 nitrogen and oxygen atoms in total. The van der Waals surface area contributed by atoms with Crippen molar-refractivity contribution in [1.29, 1.82) is 0 Å². The van der Waals surface area contributed by atoms with Crippen LogP contribution in [0.3, 0.4) is 0 Å². The van der Waals surface area contributed by atoms with Crippen LogP contribution in [0.25, 0.3) is 0 Å². The average molecular weight is 241 g/mol. The lowest BCUT2D eigenvalue weighted by Gasteiger charge is -2.25. The Bertz CT molecular complexity index is 309. The quantitative estimate of drug-likeness (QED) is 0.816. The minimum Gasteiger partial charge on any atom is -0.379 e. The van der Waals surface area contributed by atoms with Gasteiger partial charge in [-0.3, -0.25) is 0 Å². The molecule has 1 aliphatic rings. The zero-order valence-electron chi connectivity index (χ0n) is 9.61. The number of aromatic nitrogens is 1. The van der Waals surface area contributed by atoms with Crippen LogP contribution in [-0.4, -0.2) is 30.3 Å². The van der Waals surface area contributed by atoms with Crippen LogP contribution in [0.15, 0.2) is 11.6 Å². The molecule has 0 saturated carbocycles.